The average molecular weight is 260 g/mol. The Morgan fingerprint density at radius 3 is 2.37 bits per heavy atom. The summed E-state index contributed by atoms with van der Waals surface area (Å²) >= 11 is 0. The van der Waals surface area contributed by atoms with Crippen molar-refractivity contribution in [1.29, 1.82) is 0 Å². The van der Waals surface area contributed by atoms with E-state index in [0.29, 0.717) is 12.2 Å². The van der Waals surface area contributed by atoms with E-state index in [0.717, 1.165) is 5.56 Å². The smallest absolute Gasteiger partial charge is 0.334 e. The largest absolute Gasteiger partial charge is 0.463 e. The van der Waals surface area contributed by atoms with Crippen LogP contribution < -0.4 is 0 Å². The highest BCUT2D eigenvalue weighted by Gasteiger charge is 2.17. The summed E-state index contributed by atoms with van der Waals surface area (Å²) in [6.07, 6.45) is 1.84. The highest BCUT2D eigenvalue weighted by atomic mass is 16.5. The monoisotopic (exact) mass is 260 g/mol. The van der Waals surface area contributed by atoms with Crippen molar-refractivity contribution in [3.05, 3.63) is 41.5 Å². The Morgan fingerprint density at radius 1 is 1.21 bits per heavy atom. The molecule has 0 aliphatic heterocycles. The second-order valence-corrected chi connectivity index (χ2v) is 4.60. The molecule has 0 N–H and O–H groups in total. The number of carbonyl (C=O) groups is 2. The Hall–Kier alpha value is -1.90. The van der Waals surface area contributed by atoms with Crippen molar-refractivity contribution in [1.82, 2.24) is 0 Å². The predicted octanol–water partition coefficient (Wildman–Crippen LogP) is 3.25. The summed E-state index contributed by atoms with van der Waals surface area (Å²) in [4.78, 5) is 23.7. The lowest BCUT2D eigenvalue weighted by Crippen LogP contribution is -2.14. The van der Waals surface area contributed by atoms with Gasteiger partial charge in [0.2, 0.25) is 0 Å². The third kappa shape index (κ3) is 5.08. The number of rotatable bonds is 6. The molecule has 0 aliphatic rings. The van der Waals surface area contributed by atoms with E-state index < -0.39 is 5.97 Å². The van der Waals surface area contributed by atoms with Crippen LogP contribution in [0, 0.1) is 5.92 Å². The van der Waals surface area contributed by atoms with Gasteiger partial charge in [-0.3, -0.25) is 4.79 Å². The summed E-state index contributed by atoms with van der Waals surface area (Å²) < 4.78 is 5.00. The van der Waals surface area contributed by atoms with Crippen LogP contribution in [0.15, 0.2) is 35.9 Å². The minimum Gasteiger partial charge on any atom is -0.463 e. The number of benzene rings is 1. The zero-order valence-electron chi connectivity index (χ0n) is 11.7. The van der Waals surface area contributed by atoms with E-state index in [4.69, 9.17) is 4.74 Å². The number of carbonyl (C=O) groups excluding carboxylic acids is 2. The van der Waals surface area contributed by atoms with E-state index in [1.165, 1.54) is 0 Å². The lowest BCUT2D eigenvalue weighted by atomic mass is 9.99. The Morgan fingerprint density at radius 2 is 1.84 bits per heavy atom. The molecule has 0 saturated carbocycles. The minimum atomic E-state index is -0.416. The lowest BCUT2D eigenvalue weighted by molar-refractivity contribution is -0.139. The van der Waals surface area contributed by atoms with Gasteiger partial charge in [-0.2, -0.15) is 0 Å². The van der Waals surface area contributed by atoms with Crippen molar-refractivity contribution < 1.29 is 14.3 Å². The highest BCUT2D eigenvalue weighted by Crippen LogP contribution is 2.14. The number of Topliss-reactive ketones (excluding diaryl/α,β-unsaturated/α-hetero) is 1. The second-order valence-electron chi connectivity index (χ2n) is 4.60. The molecule has 0 unspecified atom stereocenters. The van der Waals surface area contributed by atoms with Gasteiger partial charge >= 0.3 is 5.97 Å². The number of hydrogen-bond donors (Lipinski definition) is 0. The van der Waals surface area contributed by atoms with Crippen LogP contribution in [0.25, 0.3) is 6.08 Å². The molecule has 0 heterocycles. The van der Waals surface area contributed by atoms with E-state index in [1.807, 2.05) is 44.2 Å². The van der Waals surface area contributed by atoms with Gasteiger partial charge in [0.15, 0.2) is 0 Å². The van der Waals surface area contributed by atoms with Crippen LogP contribution in [0.1, 0.15) is 32.8 Å². The molecule has 0 radical (unpaired) electrons. The van der Waals surface area contributed by atoms with Crippen molar-refractivity contribution in [2.45, 2.75) is 27.2 Å². The van der Waals surface area contributed by atoms with Crippen molar-refractivity contribution in [2.24, 2.45) is 5.92 Å². The molecule has 0 atom stereocenters. The first-order valence-corrected chi connectivity index (χ1v) is 6.50. The van der Waals surface area contributed by atoms with Crippen molar-refractivity contribution >= 4 is 17.8 Å². The van der Waals surface area contributed by atoms with Gasteiger partial charge in [0, 0.05) is 17.9 Å². The molecule has 3 heteroatoms. The molecule has 102 valence electrons. The summed E-state index contributed by atoms with van der Waals surface area (Å²) in [6, 6.07) is 9.45. The topological polar surface area (TPSA) is 43.4 Å². The normalized spacial score (nSPS) is 11.5. The number of hydrogen-bond acceptors (Lipinski definition) is 3. The van der Waals surface area contributed by atoms with E-state index >= 15 is 0 Å². The predicted molar refractivity (Wildman–Crippen MR) is 75.5 cm³/mol. The molecule has 1 aromatic carbocycles. The molecule has 1 aromatic rings. The molecular formula is C16H20O3. The Bertz CT molecular complexity index is 458. The molecule has 0 spiro atoms. The van der Waals surface area contributed by atoms with Crippen molar-refractivity contribution in [3.63, 3.8) is 0 Å². The van der Waals surface area contributed by atoms with E-state index in [-0.39, 0.29) is 18.1 Å². The summed E-state index contributed by atoms with van der Waals surface area (Å²) in [7, 11) is 0. The number of esters is 1. The molecule has 0 aromatic heterocycles. The van der Waals surface area contributed by atoms with Crippen LogP contribution in [0.3, 0.4) is 0 Å². The Kier molecular flexibility index (Phi) is 6.00. The molecule has 3 nitrogen and oxygen atoms in total. The molecule has 0 saturated heterocycles. The quantitative estimate of drug-likeness (QED) is 0.582. The molecular weight excluding hydrogens is 240 g/mol. The van der Waals surface area contributed by atoms with Crippen molar-refractivity contribution in [3.8, 4) is 0 Å². The van der Waals surface area contributed by atoms with E-state index in [9.17, 15) is 9.59 Å². The van der Waals surface area contributed by atoms with Crippen LogP contribution in [-0.2, 0) is 14.3 Å². The van der Waals surface area contributed by atoms with E-state index in [2.05, 4.69) is 0 Å². The first-order chi connectivity index (χ1) is 9.04. The summed E-state index contributed by atoms with van der Waals surface area (Å²) in [5.41, 5.74) is 1.30. The van der Waals surface area contributed by atoms with Gasteiger partial charge in [0.1, 0.15) is 5.78 Å². The lowest BCUT2D eigenvalue weighted by Gasteiger charge is -2.08. The Balaban J connectivity index is 2.95. The molecule has 0 aliphatic carbocycles. The minimum absolute atomic E-state index is 0.0373. The van der Waals surface area contributed by atoms with Crippen LogP contribution in [0.4, 0.5) is 0 Å². The second kappa shape index (κ2) is 7.52. The van der Waals surface area contributed by atoms with Crippen LogP contribution >= 0.6 is 0 Å². The van der Waals surface area contributed by atoms with Gasteiger partial charge in [-0.15, -0.1) is 0 Å². The van der Waals surface area contributed by atoms with Gasteiger partial charge in [-0.1, -0.05) is 44.2 Å². The molecule has 1 rings (SSSR count). The van der Waals surface area contributed by atoms with Crippen LogP contribution in [-0.4, -0.2) is 18.4 Å². The first kappa shape index (κ1) is 15.2. The third-order valence-corrected chi connectivity index (χ3v) is 2.69. The van der Waals surface area contributed by atoms with Gasteiger partial charge in [-0.05, 0) is 18.6 Å². The standard InChI is InChI=1S/C16H20O3/c1-4-19-16(18)14(11-15(17)12(2)3)10-13-8-6-5-7-9-13/h5-10,12H,4,11H2,1-3H3/b14-10-. The SMILES string of the molecule is CCOC(=O)/C(=C\c1ccccc1)CC(=O)C(C)C. The fourth-order valence-electron chi connectivity index (χ4n) is 1.55. The summed E-state index contributed by atoms with van der Waals surface area (Å²) in [5, 5.41) is 0. The average Bonchev–Trinajstić information content (AvgIpc) is 2.39. The van der Waals surface area contributed by atoms with Gasteiger partial charge in [-0.25, -0.2) is 4.79 Å². The van der Waals surface area contributed by atoms with Crippen LogP contribution in [0.5, 0.6) is 0 Å². The molecule has 0 fully saturated rings. The maximum absolute atomic E-state index is 11.9. The van der Waals surface area contributed by atoms with Crippen molar-refractivity contribution in [2.75, 3.05) is 6.61 Å². The molecule has 19 heavy (non-hydrogen) atoms. The molecule has 0 amide bonds. The summed E-state index contributed by atoms with van der Waals surface area (Å²) in [5.74, 6) is -0.468. The maximum Gasteiger partial charge on any atom is 0.334 e. The fourth-order valence-corrected chi connectivity index (χ4v) is 1.55. The molecule has 0 bridgehead atoms. The number of ketones is 1. The summed E-state index contributed by atoms with van der Waals surface area (Å²) in [6.45, 7) is 5.71. The van der Waals surface area contributed by atoms with Crippen LogP contribution in [0.2, 0.25) is 0 Å². The zero-order chi connectivity index (χ0) is 14.3. The Labute approximate surface area is 114 Å². The third-order valence-electron chi connectivity index (χ3n) is 2.69. The fraction of sp³-hybridized carbons (Fsp3) is 0.375. The zero-order valence-corrected chi connectivity index (χ0v) is 11.7. The van der Waals surface area contributed by atoms with Gasteiger partial charge < -0.3 is 4.74 Å². The highest BCUT2D eigenvalue weighted by molar-refractivity contribution is 6.00. The maximum atomic E-state index is 11.9. The van der Waals surface area contributed by atoms with E-state index in [1.54, 1.807) is 13.0 Å². The van der Waals surface area contributed by atoms with Gasteiger partial charge in [0.25, 0.3) is 0 Å². The number of ether oxygens (including phenoxy) is 1. The van der Waals surface area contributed by atoms with Gasteiger partial charge in [0.05, 0.1) is 6.61 Å². The first-order valence-electron chi connectivity index (χ1n) is 6.50.